The lowest BCUT2D eigenvalue weighted by molar-refractivity contribution is 0.555. The molecule has 0 aromatic carbocycles. The molecule has 0 aliphatic carbocycles. The van der Waals surface area contributed by atoms with Gasteiger partial charge in [0.25, 0.3) is 0 Å². The standard InChI is InChI=1S/C16H27BrN2/c1-2-3-4-5-6-7-8-9-10-18-12-15-11-16(17)14-19-13-15/h11,13-14,18H,2-10,12H2,1H3. The molecule has 0 unspecified atom stereocenters. The summed E-state index contributed by atoms with van der Waals surface area (Å²) < 4.78 is 1.05. The average Bonchev–Trinajstić information content (AvgIpc) is 2.41. The van der Waals surface area contributed by atoms with Crippen molar-refractivity contribution >= 4 is 15.9 Å². The third-order valence-electron chi connectivity index (χ3n) is 3.30. The largest absolute Gasteiger partial charge is 0.313 e. The molecular weight excluding hydrogens is 300 g/mol. The first kappa shape index (κ1) is 16.6. The molecule has 1 heterocycles. The summed E-state index contributed by atoms with van der Waals surface area (Å²) in [7, 11) is 0. The van der Waals surface area contributed by atoms with Crippen LogP contribution in [-0.4, -0.2) is 11.5 Å². The summed E-state index contributed by atoms with van der Waals surface area (Å²) in [6.07, 6.45) is 14.8. The molecule has 0 aliphatic rings. The fourth-order valence-corrected chi connectivity index (χ4v) is 2.58. The highest BCUT2D eigenvalue weighted by Gasteiger charge is 1.95. The molecule has 1 rings (SSSR count). The van der Waals surface area contributed by atoms with Gasteiger partial charge < -0.3 is 5.32 Å². The van der Waals surface area contributed by atoms with E-state index in [-0.39, 0.29) is 0 Å². The molecular formula is C16H27BrN2. The Morgan fingerprint density at radius 3 is 2.37 bits per heavy atom. The van der Waals surface area contributed by atoms with Crippen LogP contribution in [-0.2, 0) is 6.54 Å². The van der Waals surface area contributed by atoms with Crippen molar-refractivity contribution in [2.75, 3.05) is 6.54 Å². The SMILES string of the molecule is CCCCCCCCCCNCc1cncc(Br)c1. The lowest BCUT2D eigenvalue weighted by Crippen LogP contribution is -2.14. The van der Waals surface area contributed by atoms with Crippen LogP contribution in [0.1, 0.15) is 63.9 Å². The summed E-state index contributed by atoms with van der Waals surface area (Å²) in [5.74, 6) is 0. The lowest BCUT2D eigenvalue weighted by Gasteiger charge is -2.05. The molecule has 108 valence electrons. The molecule has 0 aliphatic heterocycles. The molecule has 0 spiro atoms. The zero-order valence-corrected chi connectivity index (χ0v) is 13.7. The minimum Gasteiger partial charge on any atom is -0.313 e. The molecule has 0 saturated carbocycles. The van der Waals surface area contributed by atoms with Gasteiger partial charge in [-0.15, -0.1) is 0 Å². The van der Waals surface area contributed by atoms with E-state index in [9.17, 15) is 0 Å². The van der Waals surface area contributed by atoms with Crippen LogP contribution in [0.2, 0.25) is 0 Å². The Hall–Kier alpha value is -0.410. The monoisotopic (exact) mass is 326 g/mol. The van der Waals surface area contributed by atoms with Crippen molar-refractivity contribution in [3.8, 4) is 0 Å². The number of hydrogen-bond donors (Lipinski definition) is 1. The van der Waals surface area contributed by atoms with E-state index >= 15 is 0 Å². The van der Waals surface area contributed by atoms with E-state index in [2.05, 4.69) is 39.2 Å². The molecule has 3 heteroatoms. The topological polar surface area (TPSA) is 24.9 Å². The highest BCUT2D eigenvalue weighted by molar-refractivity contribution is 9.10. The molecule has 0 atom stereocenters. The third-order valence-corrected chi connectivity index (χ3v) is 3.73. The van der Waals surface area contributed by atoms with E-state index in [1.165, 1.54) is 56.9 Å². The Kier molecular flexibility index (Phi) is 10.0. The van der Waals surface area contributed by atoms with E-state index in [1.807, 2.05) is 12.4 Å². The summed E-state index contributed by atoms with van der Waals surface area (Å²) in [5.41, 5.74) is 1.24. The highest BCUT2D eigenvalue weighted by Crippen LogP contribution is 2.10. The maximum absolute atomic E-state index is 4.16. The number of unbranched alkanes of at least 4 members (excludes halogenated alkanes) is 7. The minimum absolute atomic E-state index is 0.920. The summed E-state index contributed by atoms with van der Waals surface area (Å²) in [6, 6.07) is 2.12. The van der Waals surface area contributed by atoms with Gasteiger partial charge >= 0.3 is 0 Å². The normalized spacial score (nSPS) is 10.8. The Morgan fingerprint density at radius 1 is 1.00 bits per heavy atom. The van der Waals surface area contributed by atoms with Crippen LogP contribution in [0.25, 0.3) is 0 Å². The molecule has 19 heavy (non-hydrogen) atoms. The third kappa shape index (κ3) is 9.17. The Bertz CT molecular complexity index is 328. The Morgan fingerprint density at radius 2 is 1.68 bits per heavy atom. The number of halogens is 1. The number of nitrogens with zero attached hydrogens (tertiary/aromatic N) is 1. The van der Waals surface area contributed by atoms with E-state index in [0.29, 0.717) is 0 Å². The fourth-order valence-electron chi connectivity index (χ4n) is 2.17. The number of aromatic nitrogens is 1. The first-order valence-corrected chi connectivity index (χ1v) is 8.42. The van der Waals surface area contributed by atoms with Gasteiger partial charge in [-0.25, -0.2) is 0 Å². The van der Waals surface area contributed by atoms with Gasteiger partial charge in [-0.2, -0.15) is 0 Å². The van der Waals surface area contributed by atoms with Gasteiger partial charge in [0.05, 0.1) is 0 Å². The molecule has 0 bridgehead atoms. The zero-order valence-electron chi connectivity index (χ0n) is 12.1. The molecule has 0 saturated heterocycles. The van der Waals surface area contributed by atoms with Crippen molar-refractivity contribution in [2.45, 2.75) is 64.8 Å². The molecule has 0 amide bonds. The zero-order chi connectivity index (χ0) is 13.8. The number of hydrogen-bond acceptors (Lipinski definition) is 2. The van der Waals surface area contributed by atoms with Crippen molar-refractivity contribution in [3.63, 3.8) is 0 Å². The minimum atomic E-state index is 0.920. The fraction of sp³-hybridized carbons (Fsp3) is 0.688. The summed E-state index contributed by atoms with van der Waals surface area (Å²) in [4.78, 5) is 4.16. The molecule has 2 nitrogen and oxygen atoms in total. The second kappa shape index (κ2) is 11.4. The van der Waals surface area contributed by atoms with Gasteiger partial charge in [-0.1, -0.05) is 51.9 Å². The van der Waals surface area contributed by atoms with E-state index in [1.54, 1.807) is 0 Å². The van der Waals surface area contributed by atoms with Crippen LogP contribution < -0.4 is 5.32 Å². The molecule has 1 N–H and O–H groups in total. The van der Waals surface area contributed by atoms with Crippen molar-refractivity contribution < 1.29 is 0 Å². The first-order valence-electron chi connectivity index (χ1n) is 7.63. The highest BCUT2D eigenvalue weighted by atomic mass is 79.9. The number of nitrogens with one attached hydrogen (secondary N) is 1. The van der Waals surface area contributed by atoms with E-state index in [4.69, 9.17) is 0 Å². The molecule has 0 radical (unpaired) electrons. The average molecular weight is 327 g/mol. The van der Waals surface area contributed by atoms with Crippen molar-refractivity contribution in [1.82, 2.24) is 10.3 Å². The van der Waals surface area contributed by atoms with Crippen LogP contribution in [0, 0.1) is 0 Å². The quantitative estimate of drug-likeness (QED) is 0.574. The van der Waals surface area contributed by atoms with Crippen molar-refractivity contribution in [2.24, 2.45) is 0 Å². The first-order chi connectivity index (χ1) is 9.33. The summed E-state index contributed by atoms with van der Waals surface area (Å²) >= 11 is 3.44. The molecule has 1 aromatic heterocycles. The lowest BCUT2D eigenvalue weighted by atomic mass is 10.1. The Balaban J connectivity index is 1.89. The van der Waals surface area contributed by atoms with E-state index < -0.39 is 0 Å². The van der Waals surface area contributed by atoms with Gasteiger partial charge in [-0.05, 0) is 40.5 Å². The second-order valence-electron chi connectivity index (χ2n) is 5.16. The van der Waals surface area contributed by atoms with Gasteiger partial charge in [0.2, 0.25) is 0 Å². The van der Waals surface area contributed by atoms with E-state index in [0.717, 1.165) is 17.6 Å². The van der Waals surface area contributed by atoms with Crippen LogP contribution in [0.15, 0.2) is 22.9 Å². The maximum Gasteiger partial charge on any atom is 0.0410 e. The van der Waals surface area contributed by atoms with Crippen LogP contribution in [0.4, 0.5) is 0 Å². The molecule has 0 fully saturated rings. The van der Waals surface area contributed by atoms with Gasteiger partial charge in [0.1, 0.15) is 0 Å². The van der Waals surface area contributed by atoms with Crippen molar-refractivity contribution in [1.29, 1.82) is 0 Å². The Labute approximate surface area is 126 Å². The van der Waals surface area contributed by atoms with Gasteiger partial charge in [0, 0.05) is 23.4 Å². The predicted molar refractivity (Wildman–Crippen MR) is 86.3 cm³/mol. The van der Waals surface area contributed by atoms with Crippen LogP contribution in [0.5, 0.6) is 0 Å². The van der Waals surface area contributed by atoms with Crippen LogP contribution >= 0.6 is 15.9 Å². The molecule has 1 aromatic rings. The summed E-state index contributed by atoms with van der Waals surface area (Å²) in [5, 5.41) is 3.48. The van der Waals surface area contributed by atoms with Crippen molar-refractivity contribution in [3.05, 3.63) is 28.5 Å². The number of pyridine rings is 1. The maximum atomic E-state index is 4.16. The summed E-state index contributed by atoms with van der Waals surface area (Å²) in [6.45, 7) is 4.30. The number of rotatable bonds is 11. The van der Waals surface area contributed by atoms with Gasteiger partial charge in [-0.3, -0.25) is 4.98 Å². The smallest absolute Gasteiger partial charge is 0.0410 e. The van der Waals surface area contributed by atoms with Crippen LogP contribution in [0.3, 0.4) is 0 Å². The second-order valence-corrected chi connectivity index (χ2v) is 6.08. The van der Waals surface area contributed by atoms with Gasteiger partial charge in [0.15, 0.2) is 0 Å². The predicted octanol–water partition coefficient (Wildman–Crippen LogP) is 5.07.